The molecule has 0 aromatic heterocycles. The predicted octanol–water partition coefficient (Wildman–Crippen LogP) is 1.81. The second-order valence-corrected chi connectivity index (χ2v) is 6.19. The molecule has 1 atom stereocenters. The van der Waals surface area contributed by atoms with E-state index < -0.39 is 0 Å². The van der Waals surface area contributed by atoms with Crippen LogP contribution in [0.25, 0.3) is 0 Å². The van der Waals surface area contributed by atoms with E-state index in [4.69, 9.17) is 0 Å². The predicted molar refractivity (Wildman–Crippen MR) is 74.5 cm³/mol. The quantitative estimate of drug-likeness (QED) is 0.792. The summed E-state index contributed by atoms with van der Waals surface area (Å²) in [5, 5.41) is 3.37. The van der Waals surface area contributed by atoms with E-state index in [1.807, 2.05) is 12.1 Å². The van der Waals surface area contributed by atoms with E-state index in [1.54, 1.807) is 17.0 Å². The molecule has 1 aliphatic carbocycles. The Bertz CT molecular complexity index is 555. The molecule has 1 spiro atoms. The lowest BCUT2D eigenvalue weighted by atomic mass is 9.59. The van der Waals surface area contributed by atoms with Gasteiger partial charge in [0.15, 0.2) is 0 Å². The van der Waals surface area contributed by atoms with E-state index in [0.29, 0.717) is 11.1 Å². The third-order valence-electron chi connectivity index (χ3n) is 5.36. The summed E-state index contributed by atoms with van der Waals surface area (Å²) in [4.78, 5) is 26.7. The minimum atomic E-state index is -0.0896. The molecular weight excluding hydrogens is 252 g/mol. The Kier molecular flexibility index (Phi) is 2.51. The Labute approximate surface area is 118 Å². The number of hydrogen-bond donors (Lipinski definition) is 1. The molecule has 3 aliphatic rings. The average Bonchev–Trinajstić information content (AvgIpc) is 2.73. The summed E-state index contributed by atoms with van der Waals surface area (Å²) in [6, 6.07) is 7.30. The summed E-state index contributed by atoms with van der Waals surface area (Å²) in [5.74, 6) is -0.179. The normalized spacial score (nSPS) is 27.6. The van der Waals surface area contributed by atoms with Crippen LogP contribution in [-0.4, -0.2) is 35.8 Å². The molecular formula is C16H18N2O2. The number of rotatable bonds is 1. The fourth-order valence-corrected chi connectivity index (χ4v) is 4.08. The van der Waals surface area contributed by atoms with Crippen molar-refractivity contribution in [2.24, 2.45) is 5.41 Å². The molecule has 2 heterocycles. The van der Waals surface area contributed by atoms with Crippen molar-refractivity contribution in [2.45, 2.75) is 31.7 Å². The molecule has 0 bridgehead atoms. The molecule has 0 radical (unpaired) electrons. The van der Waals surface area contributed by atoms with Gasteiger partial charge in [0.25, 0.3) is 11.8 Å². The number of nitrogens with one attached hydrogen (secondary N) is 1. The zero-order valence-corrected chi connectivity index (χ0v) is 11.4. The molecule has 1 saturated heterocycles. The Morgan fingerprint density at radius 2 is 1.60 bits per heavy atom. The lowest BCUT2D eigenvalue weighted by Crippen LogP contribution is -2.60. The smallest absolute Gasteiger partial charge is 0.261 e. The van der Waals surface area contributed by atoms with Crippen LogP contribution in [0.3, 0.4) is 0 Å². The van der Waals surface area contributed by atoms with E-state index in [-0.39, 0.29) is 23.3 Å². The molecule has 20 heavy (non-hydrogen) atoms. The zero-order valence-electron chi connectivity index (χ0n) is 11.4. The fourth-order valence-electron chi connectivity index (χ4n) is 4.08. The van der Waals surface area contributed by atoms with Crippen molar-refractivity contribution in [2.75, 3.05) is 13.1 Å². The van der Waals surface area contributed by atoms with Crippen LogP contribution in [0.2, 0.25) is 0 Å². The summed E-state index contributed by atoms with van der Waals surface area (Å²) in [6.07, 6.45) is 4.26. The van der Waals surface area contributed by atoms with Crippen LogP contribution < -0.4 is 5.32 Å². The van der Waals surface area contributed by atoms with E-state index in [9.17, 15) is 9.59 Å². The van der Waals surface area contributed by atoms with Gasteiger partial charge in [-0.25, -0.2) is 0 Å². The number of amides is 2. The summed E-state index contributed by atoms with van der Waals surface area (Å²) >= 11 is 0. The lowest BCUT2D eigenvalue weighted by molar-refractivity contribution is -0.0259. The molecule has 1 N–H and O–H groups in total. The molecule has 4 heteroatoms. The Hall–Kier alpha value is -1.68. The minimum absolute atomic E-state index is 0.0896. The first kappa shape index (κ1) is 12.1. The van der Waals surface area contributed by atoms with Crippen molar-refractivity contribution in [1.29, 1.82) is 0 Å². The van der Waals surface area contributed by atoms with Gasteiger partial charge in [-0.1, -0.05) is 12.1 Å². The molecule has 1 saturated carbocycles. The van der Waals surface area contributed by atoms with E-state index in [2.05, 4.69) is 5.32 Å². The highest BCUT2D eigenvalue weighted by molar-refractivity contribution is 6.21. The SMILES string of the molecule is O=C1c2ccccc2C(=O)N1[C@@H]1CCC12CCNCC2. The fraction of sp³-hybridized carbons (Fsp3) is 0.500. The number of benzene rings is 1. The van der Waals surface area contributed by atoms with Crippen LogP contribution in [0.5, 0.6) is 0 Å². The number of fused-ring (bicyclic) bond motifs is 1. The molecule has 2 aliphatic heterocycles. The van der Waals surface area contributed by atoms with Crippen LogP contribution in [0.15, 0.2) is 24.3 Å². The first-order chi connectivity index (χ1) is 9.73. The Balaban J connectivity index is 1.68. The van der Waals surface area contributed by atoms with Crippen molar-refractivity contribution < 1.29 is 9.59 Å². The zero-order chi connectivity index (χ0) is 13.7. The molecule has 1 aromatic carbocycles. The van der Waals surface area contributed by atoms with Crippen LogP contribution in [-0.2, 0) is 0 Å². The van der Waals surface area contributed by atoms with Crippen LogP contribution in [0, 0.1) is 5.41 Å². The van der Waals surface area contributed by atoms with Gasteiger partial charge in [-0.05, 0) is 56.3 Å². The Morgan fingerprint density at radius 1 is 1.00 bits per heavy atom. The standard InChI is InChI=1S/C16H18N2O2/c19-14-11-3-1-2-4-12(11)15(20)18(14)13-5-6-16(13)7-9-17-10-8-16/h1-4,13,17H,5-10H2/t13-/m1/s1. The van der Waals surface area contributed by atoms with Crippen molar-refractivity contribution >= 4 is 11.8 Å². The van der Waals surface area contributed by atoms with Gasteiger partial charge in [-0.2, -0.15) is 0 Å². The second kappa shape index (κ2) is 4.16. The maximum absolute atomic E-state index is 12.6. The van der Waals surface area contributed by atoms with Gasteiger partial charge in [-0.3, -0.25) is 14.5 Å². The molecule has 1 aromatic rings. The first-order valence-corrected chi connectivity index (χ1v) is 7.41. The maximum atomic E-state index is 12.6. The number of carbonyl (C=O) groups excluding carboxylic acids is 2. The van der Waals surface area contributed by atoms with E-state index in [1.165, 1.54) is 0 Å². The third kappa shape index (κ3) is 1.45. The highest BCUT2D eigenvalue weighted by Crippen LogP contribution is 2.51. The number of piperidine rings is 1. The number of hydrogen-bond acceptors (Lipinski definition) is 3. The van der Waals surface area contributed by atoms with Crippen molar-refractivity contribution in [3.63, 3.8) is 0 Å². The highest BCUT2D eigenvalue weighted by Gasteiger charge is 2.54. The van der Waals surface area contributed by atoms with Gasteiger partial charge in [-0.15, -0.1) is 0 Å². The molecule has 2 fully saturated rings. The maximum Gasteiger partial charge on any atom is 0.261 e. The minimum Gasteiger partial charge on any atom is -0.317 e. The lowest BCUT2D eigenvalue weighted by Gasteiger charge is -2.54. The van der Waals surface area contributed by atoms with Gasteiger partial charge in [0.05, 0.1) is 11.1 Å². The molecule has 0 unspecified atom stereocenters. The molecule has 104 valence electrons. The molecule has 4 nitrogen and oxygen atoms in total. The van der Waals surface area contributed by atoms with Crippen molar-refractivity contribution in [3.05, 3.63) is 35.4 Å². The van der Waals surface area contributed by atoms with Gasteiger partial charge in [0.1, 0.15) is 0 Å². The summed E-state index contributed by atoms with van der Waals surface area (Å²) in [7, 11) is 0. The number of carbonyl (C=O) groups is 2. The Morgan fingerprint density at radius 3 is 2.10 bits per heavy atom. The summed E-state index contributed by atoms with van der Waals surface area (Å²) in [5.41, 5.74) is 1.33. The third-order valence-corrected chi connectivity index (χ3v) is 5.36. The molecule has 2 amide bonds. The monoisotopic (exact) mass is 270 g/mol. The van der Waals surface area contributed by atoms with Gasteiger partial charge in [0, 0.05) is 6.04 Å². The summed E-state index contributed by atoms with van der Waals surface area (Å²) < 4.78 is 0. The van der Waals surface area contributed by atoms with Gasteiger partial charge < -0.3 is 5.32 Å². The average molecular weight is 270 g/mol. The number of imide groups is 1. The number of nitrogens with zero attached hydrogens (tertiary/aromatic N) is 1. The van der Waals surface area contributed by atoms with E-state index in [0.717, 1.165) is 38.8 Å². The second-order valence-electron chi connectivity index (χ2n) is 6.19. The van der Waals surface area contributed by atoms with Gasteiger partial charge >= 0.3 is 0 Å². The largest absolute Gasteiger partial charge is 0.317 e. The summed E-state index contributed by atoms with van der Waals surface area (Å²) in [6.45, 7) is 2.00. The van der Waals surface area contributed by atoms with E-state index >= 15 is 0 Å². The first-order valence-electron chi connectivity index (χ1n) is 7.41. The topological polar surface area (TPSA) is 49.4 Å². The molecule has 4 rings (SSSR count). The van der Waals surface area contributed by atoms with Crippen LogP contribution in [0.1, 0.15) is 46.4 Å². The van der Waals surface area contributed by atoms with Crippen molar-refractivity contribution in [1.82, 2.24) is 10.2 Å². The van der Waals surface area contributed by atoms with Crippen LogP contribution >= 0.6 is 0 Å². The highest BCUT2D eigenvalue weighted by atomic mass is 16.2. The van der Waals surface area contributed by atoms with Crippen LogP contribution in [0.4, 0.5) is 0 Å². The van der Waals surface area contributed by atoms with Crippen molar-refractivity contribution in [3.8, 4) is 0 Å². The van der Waals surface area contributed by atoms with Gasteiger partial charge in [0.2, 0.25) is 0 Å².